The molecule has 0 amide bonds. The number of carbonyl (C=O) groups excluding carboxylic acids is 2. The van der Waals surface area contributed by atoms with Gasteiger partial charge >= 0.3 is 0 Å². The second-order valence-corrected chi connectivity index (χ2v) is 8.64. The lowest BCUT2D eigenvalue weighted by atomic mass is 9.81. The molecule has 0 bridgehead atoms. The number of fused-ring (bicyclic) bond motifs is 10. The molecule has 4 atom stereocenters. The Balaban J connectivity index is 1.51. The van der Waals surface area contributed by atoms with Crippen LogP contribution in [0.3, 0.4) is 0 Å². The Morgan fingerprint density at radius 1 is 0.606 bits per heavy atom. The molecule has 4 aliphatic rings. The van der Waals surface area contributed by atoms with E-state index in [0.717, 1.165) is 6.07 Å². The van der Waals surface area contributed by atoms with E-state index in [0.29, 0.717) is 0 Å². The highest BCUT2D eigenvalue weighted by Crippen LogP contribution is 2.67. The van der Waals surface area contributed by atoms with Gasteiger partial charge in [0.05, 0.1) is 0 Å². The fraction of sp³-hybridized carbons (Fsp3) is 0.167. The number of rotatable bonds is 0. The van der Waals surface area contributed by atoms with Gasteiger partial charge in [-0.05, 0) is 6.07 Å². The average molecular weight is 446 g/mol. The monoisotopic (exact) mass is 446 g/mol. The lowest BCUT2D eigenvalue weighted by Gasteiger charge is -2.30. The first-order valence-corrected chi connectivity index (χ1v) is 10.1. The van der Waals surface area contributed by atoms with E-state index >= 15 is 0 Å². The van der Waals surface area contributed by atoms with Crippen molar-refractivity contribution in [3.05, 3.63) is 88.0 Å². The van der Waals surface area contributed by atoms with Gasteiger partial charge < -0.3 is 35.0 Å². The molecule has 164 valence electrons. The molecule has 2 aliphatic heterocycles. The molecule has 3 aromatic carbocycles. The number of phenolic OH excluding ortho intramolecular Hbond substituents is 1. The number of carbonyl (C=O) groups is 2. The van der Waals surface area contributed by atoms with Gasteiger partial charge in [-0.1, -0.05) is 48.5 Å². The Kier molecular flexibility index (Phi) is 2.89. The van der Waals surface area contributed by atoms with E-state index < -0.39 is 51.6 Å². The number of phenols is 1. The molecule has 0 spiro atoms. The molecule has 5 N–H and O–H groups in total. The van der Waals surface area contributed by atoms with Crippen molar-refractivity contribution in [1.29, 1.82) is 0 Å². The minimum Gasteiger partial charge on any atom is -0.502 e. The van der Waals surface area contributed by atoms with Crippen molar-refractivity contribution >= 4 is 11.6 Å². The molecular formula is C24H14O9. The van der Waals surface area contributed by atoms with Crippen LogP contribution < -0.4 is 9.47 Å². The van der Waals surface area contributed by atoms with E-state index in [1.54, 1.807) is 24.3 Å². The second kappa shape index (κ2) is 5.08. The highest BCUT2D eigenvalue weighted by molar-refractivity contribution is 6.11. The van der Waals surface area contributed by atoms with E-state index in [1.807, 2.05) is 0 Å². The maximum absolute atomic E-state index is 13.2. The van der Waals surface area contributed by atoms with Gasteiger partial charge in [0.15, 0.2) is 11.5 Å². The lowest BCUT2D eigenvalue weighted by molar-refractivity contribution is -0.227. The van der Waals surface area contributed by atoms with Crippen LogP contribution in [0.15, 0.2) is 54.6 Å². The standard InChI is InChI=1S/C24H14O9/c25-16-17-14(21(28)19(26)10-5-1-3-7-12(10)23(21,30)32-17)9-15-18(16)33-24(31)13-8-4-2-6-11(13)20(27)22(15,24)29/h1-9,25,28-31H/t21-,22+,23-,24+. The second-order valence-electron chi connectivity index (χ2n) is 8.64. The maximum atomic E-state index is 13.2. The molecule has 0 saturated heterocycles. The molecular weight excluding hydrogens is 432 g/mol. The Labute approximate surface area is 184 Å². The molecule has 7 rings (SSSR count). The topological polar surface area (TPSA) is 154 Å². The van der Waals surface area contributed by atoms with Gasteiger partial charge in [0.25, 0.3) is 11.6 Å². The summed E-state index contributed by atoms with van der Waals surface area (Å²) < 4.78 is 11.1. The molecule has 2 aliphatic carbocycles. The van der Waals surface area contributed by atoms with Crippen LogP contribution in [0.5, 0.6) is 17.2 Å². The van der Waals surface area contributed by atoms with E-state index in [4.69, 9.17) is 9.47 Å². The van der Waals surface area contributed by atoms with Crippen molar-refractivity contribution in [3.8, 4) is 17.2 Å². The Bertz CT molecular complexity index is 1390. The maximum Gasteiger partial charge on any atom is 0.277 e. The summed E-state index contributed by atoms with van der Waals surface area (Å²) >= 11 is 0. The van der Waals surface area contributed by atoms with Gasteiger partial charge in [0.1, 0.15) is 0 Å². The largest absolute Gasteiger partial charge is 0.502 e. The van der Waals surface area contributed by atoms with Crippen molar-refractivity contribution in [2.75, 3.05) is 0 Å². The lowest BCUT2D eigenvalue weighted by Crippen LogP contribution is -2.49. The number of aromatic hydroxyl groups is 1. The number of ether oxygens (including phenoxy) is 2. The average Bonchev–Trinajstić information content (AvgIpc) is 3.33. The summed E-state index contributed by atoms with van der Waals surface area (Å²) in [6, 6.07) is 12.9. The molecule has 33 heavy (non-hydrogen) atoms. The predicted molar refractivity (Wildman–Crippen MR) is 106 cm³/mol. The third-order valence-electron chi connectivity index (χ3n) is 7.20. The first-order chi connectivity index (χ1) is 15.6. The number of hydrogen-bond donors (Lipinski definition) is 5. The molecule has 0 aromatic heterocycles. The summed E-state index contributed by atoms with van der Waals surface area (Å²) in [6.07, 6.45) is 0. The predicted octanol–water partition coefficient (Wildman–Crippen LogP) is 0.635. The molecule has 9 heteroatoms. The molecule has 2 heterocycles. The quantitative estimate of drug-likeness (QED) is 0.335. The van der Waals surface area contributed by atoms with Crippen molar-refractivity contribution in [1.82, 2.24) is 0 Å². The molecule has 0 radical (unpaired) electrons. The fourth-order valence-electron chi connectivity index (χ4n) is 5.58. The molecule has 0 saturated carbocycles. The number of Topliss-reactive ketones (excluding diaryl/α,β-unsaturated/α-hetero) is 2. The van der Waals surface area contributed by atoms with E-state index in [1.165, 1.54) is 24.3 Å². The number of benzene rings is 3. The Morgan fingerprint density at radius 3 is 1.42 bits per heavy atom. The highest BCUT2D eigenvalue weighted by atomic mass is 16.7. The third-order valence-corrected chi connectivity index (χ3v) is 7.20. The van der Waals surface area contributed by atoms with Gasteiger partial charge in [-0.3, -0.25) is 9.59 Å². The Hall–Kier alpha value is -3.76. The normalized spacial score (nSPS) is 34.1. The summed E-state index contributed by atoms with van der Waals surface area (Å²) in [7, 11) is 0. The first-order valence-electron chi connectivity index (χ1n) is 10.1. The summed E-state index contributed by atoms with van der Waals surface area (Å²) in [4.78, 5) is 26.4. The van der Waals surface area contributed by atoms with Crippen LogP contribution in [0.4, 0.5) is 0 Å². The molecule has 0 unspecified atom stereocenters. The Morgan fingerprint density at radius 2 is 1.00 bits per heavy atom. The van der Waals surface area contributed by atoms with E-state index in [2.05, 4.69) is 0 Å². The van der Waals surface area contributed by atoms with Crippen molar-refractivity contribution < 1.29 is 44.6 Å². The zero-order valence-electron chi connectivity index (χ0n) is 16.6. The number of aliphatic hydroxyl groups is 4. The fourth-order valence-corrected chi connectivity index (χ4v) is 5.58. The van der Waals surface area contributed by atoms with Gasteiger partial charge in [0.2, 0.25) is 28.5 Å². The molecule has 0 fully saturated rings. The zero-order valence-corrected chi connectivity index (χ0v) is 16.6. The van der Waals surface area contributed by atoms with Crippen molar-refractivity contribution in [2.24, 2.45) is 0 Å². The summed E-state index contributed by atoms with van der Waals surface area (Å²) in [5, 5.41) is 56.6. The van der Waals surface area contributed by atoms with E-state index in [9.17, 15) is 35.1 Å². The van der Waals surface area contributed by atoms with Crippen molar-refractivity contribution in [2.45, 2.75) is 22.8 Å². The highest BCUT2D eigenvalue weighted by Gasteiger charge is 2.75. The van der Waals surface area contributed by atoms with Crippen LogP contribution in [0, 0.1) is 0 Å². The third kappa shape index (κ3) is 1.60. The van der Waals surface area contributed by atoms with Gasteiger partial charge in [-0.15, -0.1) is 0 Å². The number of hydrogen-bond acceptors (Lipinski definition) is 9. The summed E-state index contributed by atoms with van der Waals surface area (Å²) in [6.45, 7) is 0. The van der Waals surface area contributed by atoms with Gasteiger partial charge in [-0.25, -0.2) is 0 Å². The van der Waals surface area contributed by atoms with Crippen LogP contribution in [-0.4, -0.2) is 37.1 Å². The summed E-state index contributed by atoms with van der Waals surface area (Å²) in [5.41, 5.74) is -6.07. The summed E-state index contributed by atoms with van der Waals surface area (Å²) in [5.74, 6) is -8.61. The number of ketones is 2. The SMILES string of the molecule is O=C1c2ccccc2[C@]2(O)Oc3c(cc4c(c3O)O[C@]3(O)c5ccccc5C(=O)[C@]43O)[C@]12O. The van der Waals surface area contributed by atoms with Gasteiger partial charge in [0, 0.05) is 33.4 Å². The van der Waals surface area contributed by atoms with Crippen LogP contribution in [0.2, 0.25) is 0 Å². The van der Waals surface area contributed by atoms with Crippen LogP contribution in [0.25, 0.3) is 0 Å². The minimum atomic E-state index is -2.68. The van der Waals surface area contributed by atoms with Crippen molar-refractivity contribution in [3.63, 3.8) is 0 Å². The van der Waals surface area contributed by atoms with Crippen LogP contribution in [0.1, 0.15) is 43.0 Å². The molecule has 3 aromatic rings. The van der Waals surface area contributed by atoms with Crippen LogP contribution in [-0.2, 0) is 22.8 Å². The molecule has 9 nitrogen and oxygen atoms in total. The smallest absolute Gasteiger partial charge is 0.277 e. The first kappa shape index (κ1) is 18.8. The zero-order chi connectivity index (χ0) is 23.1. The van der Waals surface area contributed by atoms with Gasteiger partial charge in [-0.2, -0.15) is 0 Å². The van der Waals surface area contributed by atoms with Crippen LogP contribution >= 0.6 is 0 Å². The minimum absolute atomic E-state index is 0.00579. The van der Waals surface area contributed by atoms with E-state index in [-0.39, 0.29) is 33.4 Å².